The first-order valence-corrected chi connectivity index (χ1v) is 6.82. The average Bonchev–Trinajstić information content (AvgIpc) is 2.48. The molecule has 7 heteroatoms. The van der Waals surface area contributed by atoms with E-state index >= 15 is 0 Å². The summed E-state index contributed by atoms with van der Waals surface area (Å²) in [6, 6.07) is 3.94. The Hall–Kier alpha value is -2.15. The Bertz CT molecular complexity index is 519. The summed E-state index contributed by atoms with van der Waals surface area (Å²) < 4.78 is 0. The number of carbonyl (C=O) groups excluding carboxylic acids is 1. The van der Waals surface area contributed by atoms with Gasteiger partial charge in [-0.1, -0.05) is 13.8 Å². The third kappa shape index (κ3) is 3.91. The highest BCUT2D eigenvalue weighted by molar-refractivity contribution is 5.94. The second kappa shape index (κ2) is 7.03. The Morgan fingerprint density at radius 3 is 2.48 bits per heavy atom. The smallest absolute Gasteiger partial charge is 0.292 e. The Balaban J connectivity index is 3.07. The van der Waals surface area contributed by atoms with Crippen LogP contribution in [0.25, 0.3) is 0 Å². The lowest BCUT2D eigenvalue weighted by atomic mass is 9.83. The maximum atomic E-state index is 11.2. The molecule has 7 nitrogen and oxygen atoms in total. The summed E-state index contributed by atoms with van der Waals surface area (Å²) in [5, 5.41) is 23.5. The molecule has 1 amide bonds. The molecule has 0 aliphatic heterocycles. The van der Waals surface area contributed by atoms with Gasteiger partial charge in [0.2, 0.25) is 5.91 Å². The fourth-order valence-electron chi connectivity index (χ4n) is 2.05. The third-order valence-electron chi connectivity index (χ3n) is 3.97. The van der Waals surface area contributed by atoms with Gasteiger partial charge in [0, 0.05) is 23.6 Å². The number of anilines is 1. The van der Waals surface area contributed by atoms with Crippen molar-refractivity contribution in [2.45, 2.75) is 26.7 Å². The number of nitrogens with one attached hydrogen (secondary N) is 1. The molecule has 0 atom stereocenters. The lowest BCUT2D eigenvalue weighted by Gasteiger charge is -2.29. The van der Waals surface area contributed by atoms with E-state index in [4.69, 9.17) is 5.73 Å². The van der Waals surface area contributed by atoms with Crippen LogP contribution >= 0.6 is 0 Å². The maximum Gasteiger partial charge on any atom is 0.292 e. The SMILES string of the molecule is CCC(CC)(CO)CNc1cc(C(N)=O)ccc1[N+](=O)[O-]. The molecule has 0 saturated heterocycles. The van der Waals surface area contributed by atoms with Gasteiger partial charge >= 0.3 is 0 Å². The molecule has 0 radical (unpaired) electrons. The van der Waals surface area contributed by atoms with Gasteiger partial charge in [0.05, 0.1) is 11.5 Å². The molecule has 0 aromatic heterocycles. The zero-order valence-electron chi connectivity index (χ0n) is 12.3. The number of hydrogen-bond acceptors (Lipinski definition) is 5. The molecule has 21 heavy (non-hydrogen) atoms. The van der Waals surface area contributed by atoms with Crippen molar-refractivity contribution in [1.82, 2.24) is 0 Å². The largest absolute Gasteiger partial charge is 0.396 e. The molecule has 0 saturated carbocycles. The summed E-state index contributed by atoms with van der Waals surface area (Å²) in [4.78, 5) is 21.7. The zero-order valence-corrected chi connectivity index (χ0v) is 12.3. The average molecular weight is 295 g/mol. The van der Waals surface area contributed by atoms with Crippen molar-refractivity contribution in [3.63, 3.8) is 0 Å². The summed E-state index contributed by atoms with van der Waals surface area (Å²) in [6.07, 6.45) is 1.46. The van der Waals surface area contributed by atoms with Gasteiger partial charge in [-0.2, -0.15) is 0 Å². The van der Waals surface area contributed by atoms with Crippen molar-refractivity contribution in [1.29, 1.82) is 0 Å². The van der Waals surface area contributed by atoms with Gasteiger partial charge in [-0.3, -0.25) is 14.9 Å². The monoisotopic (exact) mass is 295 g/mol. The molecule has 0 heterocycles. The fraction of sp³-hybridized carbons (Fsp3) is 0.500. The standard InChI is InChI=1S/C14H21N3O4/c1-3-14(4-2,9-18)8-16-11-7-10(13(15)19)5-6-12(11)17(20)21/h5-7,16,18H,3-4,8-9H2,1-2H3,(H2,15,19). The van der Waals surface area contributed by atoms with Crippen LogP contribution in [-0.2, 0) is 0 Å². The summed E-state index contributed by atoms with van der Waals surface area (Å²) in [5.74, 6) is -0.646. The van der Waals surface area contributed by atoms with E-state index < -0.39 is 10.8 Å². The number of primary amides is 1. The molecule has 4 N–H and O–H groups in total. The number of amides is 1. The van der Waals surface area contributed by atoms with Crippen molar-refractivity contribution in [2.75, 3.05) is 18.5 Å². The predicted molar refractivity (Wildman–Crippen MR) is 80.2 cm³/mol. The highest BCUT2D eigenvalue weighted by Crippen LogP contribution is 2.30. The van der Waals surface area contributed by atoms with Crippen LogP contribution in [0, 0.1) is 15.5 Å². The van der Waals surface area contributed by atoms with Crippen LogP contribution in [0.15, 0.2) is 18.2 Å². The third-order valence-corrected chi connectivity index (χ3v) is 3.97. The van der Waals surface area contributed by atoms with Crippen molar-refractivity contribution in [2.24, 2.45) is 11.1 Å². The molecule has 0 bridgehead atoms. The quantitative estimate of drug-likeness (QED) is 0.500. The van der Waals surface area contributed by atoms with E-state index in [9.17, 15) is 20.0 Å². The number of carbonyl (C=O) groups is 1. The minimum atomic E-state index is -0.646. The van der Waals surface area contributed by atoms with Gasteiger partial charge in [-0.25, -0.2) is 0 Å². The highest BCUT2D eigenvalue weighted by Gasteiger charge is 2.26. The van der Waals surface area contributed by atoms with Crippen LogP contribution in [0.1, 0.15) is 37.0 Å². The van der Waals surface area contributed by atoms with Gasteiger partial charge in [0.25, 0.3) is 5.69 Å². The zero-order chi connectivity index (χ0) is 16.0. The van der Waals surface area contributed by atoms with Gasteiger partial charge in [-0.05, 0) is 25.0 Å². The predicted octanol–water partition coefficient (Wildman–Crippen LogP) is 1.90. The van der Waals surface area contributed by atoms with Crippen LogP contribution in [0.5, 0.6) is 0 Å². The van der Waals surface area contributed by atoms with Crippen LogP contribution in [-0.4, -0.2) is 29.1 Å². The molecule has 0 aliphatic carbocycles. The molecule has 0 aliphatic rings. The lowest BCUT2D eigenvalue weighted by molar-refractivity contribution is -0.384. The van der Waals surface area contributed by atoms with Crippen LogP contribution in [0.4, 0.5) is 11.4 Å². The number of aliphatic hydroxyl groups is 1. The molecule has 0 spiro atoms. The van der Waals surface area contributed by atoms with Gasteiger partial charge in [0.1, 0.15) is 5.69 Å². The minimum absolute atomic E-state index is 0.0176. The second-order valence-corrected chi connectivity index (χ2v) is 5.07. The topological polar surface area (TPSA) is 118 Å². The van der Waals surface area contributed by atoms with Crippen LogP contribution in [0.3, 0.4) is 0 Å². The van der Waals surface area contributed by atoms with Crippen molar-refractivity contribution in [3.8, 4) is 0 Å². The molecule has 1 rings (SSSR count). The van der Waals surface area contributed by atoms with E-state index in [0.717, 1.165) is 12.8 Å². The summed E-state index contributed by atoms with van der Waals surface area (Å²) in [6.45, 7) is 4.27. The van der Waals surface area contributed by atoms with E-state index in [0.29, 0.717) is 6.54 Å². The number of rotatable bonds is 8. The molecule has 1 aromatic carbocycles. The summed E-state index contributed by atoms with van der Waals surface area (Å²) in [5.41, 5.74) is 5.15. The first-order chi connectivity index (χ1) is 9.89. The lowest BCUT2D eigenvalue weighted by Crippen LogP contribution is -2.32. The van der Waals surface area contributed by atoms with E-state index in [1.165, 1.54) is 18.2 Å². The summed E-state index contributed by atoms with van der Waals surface area (Å²) in [7, 11) is 0. The minimum Gasteiger partial charge on any atom is -0.396 e. The number of hydrogen-bond donors (Lipinski definition) is 3. The second-order valence-electron chi connectivity index (χ2n) is 5.07. The van der Waals surface area contributed by atoms with E-state index in [1.807, 2.05) is 13.8 Å². The van der Waals surface area contributed by atoms with E-state index in [2.05, 4.69) is 5.32 Å². The fourth-order valence-corrected chi connectivity index (χ4v) is 2.05. The molecule has 116 valence electrons. The maximum absolute atomic E-state index is 11.2. The van der Waals surface area contributed by atoms with Gasteiger partial charge in [0.15, 0.2) is 0 Å². The Labute approximate surface area is 123 Å². The number of nitrogens with two attached hydrogens (primary N) is 1. The summed E-state index contributed by atoms with van der Waals surface area (Å²) >= 11 is 0. The van der Waals surface area contributed by atoms with Crippen molar-refractivity contribution < 1.29 is 14.8 Å². The molecule has 1 aromatic rings. The van der Waals surface area contributed by atoms with Crippen LogP contribution in [0.2, 0.25) is 0 Å². The van der Waals surface area contributed by atoms with E-state index in [1.54, 1.807) is 0 Å². The number of aliphatic hydroxyl groups excluding tert-OH is 1. The number of nitro benzene ring substituents is 1. The van der Waals surface area contributed by atoms with E-state index in [-0.39, 0.29) is 29.0 Å². The molecular formula is C14H21N3O4. The van der Waals surface area contributed by atoms with Crippen LogP contribution < -0.4 is 11.1 Å². The molecule has 0 fully saturated rings. The first-order valence-electron chi connectivity index (χ1n) is 6.82. The first kappa shape index (κ1) is 16.9. The Morgan fingerprint density at radius 2 is 2.05 bits per heavy atom. The van der Waals surface area contributed by atoms with Crippen molar-refractivity contribution in [3.05, 3.63) is 33.9 Å². The normalized spacial score (nSPS) is 11.2. The van der Waals surface area contributed by atoms with Gasteiger partial charge < -0.3 is 16.2 Å². The van der Waals surface area contributed by atoms with Gasteiger partial charge in [-0.15, -0.1) is 0 Å². The Kier molecular flexibility index (Phi) is 5.66. The van der Waals surface area contributed by atoms with Crippen molar-refractivity contribution >= 4 is 17.3 Å². The molecule has 0 unspecified atom stereocenters. The number of nitro groups is 1. The number of nitrogens with zero attached hydrogens (tertiary/aromatic N) is 1. The Morgan fingerprint density at radius 1 is 1.43 bits per heavy atom. The molecular weight excluding hydrogens is 274 g/mol. The highest BCUT2D eigenvalue weighted by atomic mass is 16.6. The number of benzene rings is 1.